The van der Waals surface area contributed by atoms with E-state index in [1.54, 1.807) is 6.92 Å². The van der Waals surface area contributed by atoms with E-state index in [0.717, 1.165) is 0 Å². The number of aliphatic hydroxyl groups excluding tert-OH is 1. The molecular weight excluding hydrogens is 434 g/mol. The molecule has 0 aromatic heterocycles. The van der Waals surface area contributed by atoms with Gasteiger partial charge in [-0.05, 0) is 62.7 Å². The third kappa shape index (κ3) is 2.58. The van der Waals surface area contributed by atoms with E-state index < -0.39 is 58.2 Å². The van der Waals surface area contributed by atoms with E-state index in [2.05, 4.69) is 0 Å². The van der Waals surface area contributed by atoms with E-state index in [4.69, 9.17) is 14.2 Å². The van der Waals surface area contributed by atoms with Crippen LogP contribution >= 0.6 is 0 Å². The van der Waals surface area contributed by atoms with E-state index in [1.165, 1.54) is 25.3 Å². The number of methoxy groups -OCH3 is 1. The summed E-state index contributed by atoms with van der Waals surface area (Å²) in [4.78, 5) is 25.3. The molecule has 0 bridgehead atoms. The highest BCUT2D eigenvalue weighted by molar-refractivity contribution is 6.01. The molecule has 6 nitrogen and oxygen atoms in total. The van der Waals surface area contributed by atoms with Gasteiger partial charge in [-0.3, -0.25) is 9.53 Å². The average molecular weight is 467 g/mol. The Bertz CT molecular complexity index is 965. The lowest BCUT2D eigenvalue weighted by molar-refractivity contribution is -0.348. The first-order chi connectivity index (χ1) is 15.4. The van der Waals surface area contributed by atoms with Gasteiger partial charge in [0.1, 0.15) is 6.17 Å². The van der Waals surface area contributed by atoms with Gasteiger partial charge in [0.15, 0.2) is 17.1 Å². The number of hydrogen-bond donors (Lipinski definition) is 1. The van der Waals surface area contributed by atoms with Crippen LogP contribution < -0.4 is 0 Å². The molecule has 182 valence electrons. The predicted molar refractivity (Wildman–Crippen MR) is 113 cm³/mol. The van der Waals surface area contributed by atoms with Crippen molar-refractivity contribution < 1.29 is 37.7 Å². The molecule has 1 unspecified atom stereocenters. The number of carbonyl (C=O) groups is 2. The molecule has 33 heavy (non-hydrogen) atoms. The summed E-state index contributed by atoms with van der Waals surface area (Å²) in [7, 11) is 1.42. The van der Waals surface area contributed by atoms with Crippen molar-refractivity contribution in [1.82, 2.24) is 0 Å². The predicted octanol–water partition coefficient (Wildman–Crippen LogP) is 3.72. The molecule has 9 atom stereocenters. The highest BCUT2D eigenvalue weighted by Gasteiger charge is 2.79. The molecule has 1 saturated heterocycles. The number of ether oxygens (including phenoxy) is 3. The third-order valence-corrected chi connectivity index (χ3v) is 9.52. The molecule has 4 aliphatic carbocycles. The number of hydrogen-bond acceptors (Lipinski definition) is 6. The van der Waals surface area contributed by atoms with Gasteiger partial charge in [-0.2, -0.15) is 0 Å². The van der Waals surface area contributed by atoms with Crippen molar-refractivity contribution in [2.75, 3.05) is 7.11 Å². The van der Waals surface area contributed by atoms with Crippen LogP contribution in [0.25, 0.3) is 0 Å². The lowest BCUT2D eigenvalue weighted by atomic mass is 9.44. The summed E-state index contributed by atoms with van der Waals surface area (Å²) < 4.78 is 50.0. The number of rotatable bonds is 3. The number of carbonyl (C=O) groups excluding carboxylic acids is 2. The number of alkyl halides is 2. The second-order valence-electron chi connectivity index (χ2n) is 10.9. The summed E-state index contributed by atoms with van der Waals surface area (Å²) in [6, 6.07) is 0. The number of ketones is 1. The van der Waals surface area contributed by atoms with Crippen LogP contribution in [0.15, 0.2) is 23.8 Å². The van der Waals surface area contributed by atoms with Crippen molar-refractivity contribution in [2.45, 2.75) is 88.8 Å². The standard InChI is InChI=1S/C25H32F2O6/c1-5-8-24(31-4)32-20(30)23(33-24)10-7-15-16-12-18(26)17-11-14(28)6-9-21(17,2)25(16,27)19(29)13-22(15,23)3/h6,9,11,15-16,18-19,29H,5,7-8,10,12-13H2,1-4H3/t15-,16-,18-,19-,21-,22-,23-,24?,25-/m0/s1. The largest absolute Gasteiger partial charge is 0.406 e. The van der Waals surface area contributed by atoms with Crippen molar-refractivity contribution in [3.8, 4) is 0 Å². The smallest absolute Gasteiger partial charge is 0.343 e. The fraction of sp³-hybridized carbons (Fsp3) is 0.760. The van der Waals surface area contributed by atoms with E-state index >= 15 is 8.78 Å². The maximum atomic E-state index is 17.1. The molecule has 0 amide bonds. The van der Waals surface area contributed by atoms with E-state index in [1.807, 2.05) is 13.8 Å². The molecule has 1 heterocycles. The van der Waals surface area contributed by atoms with Crippen LogP contribution in [0, 0.1) is 22.7 Å². The van der Waals surface area contributed by atoms with E-state index in [-0.39, 0.29) is 30.6 Å². The van der Waals surface area contributed by atoms with Gasteiger partial charge in [0.25, 0.3) is 0 Å². The molecule has 5 rings (SSSR count). The zero-order valence-electron chi connectivity index (χ0n) is 19.5. The average Bonchev–Trinajstić information content (AvgIpc) is 3.21. The Kier molecular flexibility index (Phi) is 4.87. The molecule has 3 saturated carbocycles. The maximum absolute atomic E-state index is 17.1. The van der Waals surface area contributed by atoms with Gasteiger partial charge >= 0.3 is 11.9 Å². The zero-order chi connectivity index (χ0) is 24.0. The number of cyclic esters (lactones) is 1. The molecule has 0 aromatic carbocycles. The van der Waals surface area contributed by atoms with Crippen LogP contribution in [0.3, 0.4) is 0 Å². The van der Waals surface area contributed by atoms with Crippen molar-refractivity contribution >= 4 is 11.8 Å². The van der Waals surface area contributed by atoms with Crippen LogP contribution in [-0.4, -0.2) is 53.5 Å². The summed E-state index contributed by atoms with van der Waals surface area (Å²) in [6.45, 7) is 5.31. The molecule has 4 fully saturated rings. The Morgan fingerprint density at radius 1 is 1.27 bits per heavy atom. The van der Waals surface area contributed by atoms with Crippen LogP contribution in [0.5, 0.6) is 0 Å². The summed E-state index contributed by atoms with van der Waals surface area (Å²) in [5.74, 6) is -3.74. The third-order valence-electron chi connectivity index (χ3n) is 9.52. The Morgan fingerprint density at radius 2 is 2.00 bits per heavy atom. The fourth-order valence-electron chi connectivity index (χ4n) is 7.84. The molecule has 1 N–H and O–H groups in total. The van der Waals surface area contributed by atoms with Gasteiger partial charge < -0.3 is 14.6 Å². The van der Waals surface area contributed by atoms with Gasteiger partial charge in [0.05, 0.1) is 6.10 Å². The van der Waals surface area contributed by atoms with E-state index in [0.29, 0.717) is 19.3 Å². The molecule has 8 heteroatoms. The molecule has 1 spiro atoms. The minimum absolute atomic E-state index is 0.0483. The zero-order valence-corrected chi connectivity index (χ0v) is 19.5. The Balaban J connectivity index is 1.59. The maximum Gasteiger partial charge on any atom is 0.343 e. The number of esters is 1. The quantitative estimate of drug-likeness (QED) is 0.639. The minimum atomic E-state index is -2.18. The Hall–Kier alpha value is -1.64. The topological polar surface area (TPSA) is 82.1 Å². The summed E-state index contributed by atoms with van der Waals surface area (Å²) >= 11 is 0. The summed E-state index contributed by atoms with van der Waals surface area (Å²) in [6.07, 6.45) is 2.34. The first-order valence-corrected chi connectivity index (χ1v) is 11.9. The minimum Gasteiger partial charge on any atom is -0.406 e. The SMILES string of the molecule is CCCC1(OC)OC(=O)[C@]2(CC[C@H]3[C@@H]4C[C@H](F)C5=CC(=O)C=C[C@]5(C)[C@@]4(F)[C@@H](O)C[C@@]32C)O1. The summed E-state index contributed by atoms with van der Waals surface area (Å²) in [5.41, 5.74) is -5.91. The molecular formula is C25H32F2O6. The number of halogens is 2. The van der Waals surface area contributed by atoms with Crippen LogP contribution in [-0.2, 0) is 23.8 Å². The number of aliphatic hydroxyl groups is 1. The lowest BCUT2D eigenvalue weighted by Crippen LogP contribution is -2.70. The van der Waals surface area contributed by atoms with Crippen molar-refractivity contribution in [2.24, 2.45) is 22.7 Å². The summed E-state index contributed by atoms with van der Waals surface area (Å²) in [5, 5.41) is 11.4. The van der Waals surface area contributed by atoms with Gasteiger partial charge in [-0.25, -0.2) is 13.6 Å². The second-order valence-corrected chi connectivity index (χ2v) is 10.9. The van der Waals surface area contributed by atoms with Crippen molar-refractivity contribution in [1.29, 1.82) is 0 Å². The Morgan fingerprint density at radius 3 is 2.67 bits per heavy atom. The van der Waals surface area contributed by atoms with Gasteiger partial charge in [-0.15, -0.1) is 0 Å². The normalized spacial score (nSPS) is 52.9. The van der Waals surface area contributed by atoms with Crippen LogP contribution in [0.1, 0.15) is 59.3 Å². The van der Waals surface area contributed by atoms with Gasteiger partial charge in [0, 0.05) is 30.3 Å². The molecule has 0 radical (unpaired) electrons. The first-order valence-electron chi connectivity index (χ1n) is 11.9. The lowest BCUT2D eigenvalue weighted by Gasteiger charge is -2.62. The van der Waals surface area contributed by atoms with E-state index in [9.17, 15) is 14.7 Å². The molecule has 5 aliphatic rings. The van der Waals surface area contributed by atoms with Crippen molar-refractivity contribution in [3.63, 3.8) is 0 Å². The second kappa shape index (κ2) is 6.95. The highest BCUT2D eigenvalue weighted by Crippen LogP contribution is 2.71. The van der Waals surface area contributed by atoms with Gasteiger partial charge in [-0.1, -0.05) is 19.9 Å². The first kappa shape index (κ1) is 23.1. The number of allylic oxidation sites excluding steroid dienone is 4. The Labute approximate surface area is 192 Å². The molecule has 0 aromatic rings. The number of fused-ring (bicyclic) bond motifs is 6. The monoisotopic (exact) mass is 466 g/mol. The van der Waals surface area contributed by atoms with Crippen LogP contribution in [0.4, 0.5) is 8.78 Å². The fourth-order valence-corrected chi connectivity index (χ4v) is 7.84. The van der Waals surface area contributed by atoms with Gasteiger partial charge in [0.2, 0.25) is 0 Å². The highest BCUT2D eigenvalue weighted by atomic mass is 19.1. The molecule has 1 aliphatic heterocycles. The van der Waals surface area contributed by atoms with Crippen molar-refractivity contribution in [3.05, 3.63) is 23.8 Å². The van der Waals surface area contributed by atoms with Crippen LogP contribution in [0.2, 0.25) is 0 Å².